The number of carbonyl (C=O) groups excluding carboxylic acids is 1. The Bertz CT molecular complexity index is 679. The lowest BCUT2D eigenvalue weighted by Crippen LogP contribution is -2.27. The highest BCUT2D eigenvalue weighted by Gasteiger charge is 2.07. The monoisotopic (exact) mass is 295 g/mol. The Labute approximate surface area is 115 Å². The van der Waals surface area contributed by atoms with Crippen LogP contribution < -0.4 is 10.5 Å². The molecule has 106 valence electrons. The smallest absolute Gasteiger partial charge is 0.242 e. The van der Waals surface area contributed by atoms with Gasteiger partial charge in [-0.1, -0.05) is 12.1 Å². The first-order valence-electron chi connectivity index (χ1n) is 5.66. The minimum absolute atomic E-state index is 0.0372. The molecule has 0 saturated carbocycles. The van der Waals surface area contributed by atoms with E-state index in [0.29, 0.717) is 6.54 Å². The van der Waals surface area contributed by atoms with Crippen LogP contribution in [0.5, 0.6) is 0 Å². The number of carbonyl (C=O) groups is 1. The number of hydrogen-bond acceptors (Lipinski definition) is 5. The van der Waals surface area contributed by atoms with Crippen molar-refractivity contribution in [1.29, 1.82) is 0 Å². The molecule has 0 fully saturated rings. The zero-order chi connectivity index (χ0) is 14.6. The fourth-order valence-electron chi connectivity index (χ4n) is 1.52. The lowest BCUT2D eigenvalue weighted by atomic mass is 10.2. The average Bonchev–Trinajstić information content (AvgIpc) is 2.88. The molecule has 0 spiro atoms. The van der Waals surface area contributed by atoms with Crippen LogP contribution >= 0.6 is 0 Å². The van der Waals surface area contributed by atoms with E-state index in [2.05, 4.69) is 15.4 Å². The molecule has 2 rings (SSSR count). The van der Waals surface area contributed by atoms with E-state index in [1.807, 2.05) is 0 Å². The maximum atomic E-state index is 11.6. The number of aromatic nitrogens is 3. The third-order valence-corrected chi connectivity index (χ3v) is 3.44. The number of rotatable bonds is 5. The van der Waals surface area contributed by atoms with Crippen LogP contribution in [0.15, 0.2) is 41.8 Å². The lowest BCUT2D eigenvalue weighted by Gasteiger charge is -2.06. The zero-order valence-corrected chi connectivity index (χ0v) is 11.2. The first-order valence-corrected chi connectivity index (χ1v) is 7.20. The molecule has 0 bridgehead atoms. The number of nitrogens with zero attached hydrogens (tertiary/aromatic N) is 3. The predicted octanol–water partition coefficient (Wildman–Crippen LogP) is -0.758. The first kappa shape index (κ1) is 14.2. The van der Waals surface area contributed by atoms with Crippen LogP contribution in [0.2, 0.25) is 0 Å². The number of primary sulfonamides is 1. The summed E-state index contributed by atoms with van der Waals surface area (Å²) >= 11 is 0. The van der Waals surface area contributed by atoms with E-state index >= 15 is 0 Å². The van der Waals surface area contributed by atoms with Gasteiger partial charge < -0.3 is 5.32 Å². The molecule has 1 amide bonds. The highest BCUT2D eigenvalue weighted by Crippen LogP contribution is 2.08. The summed E-state index contributed by atoms with van der Waals surface area (Å²) < 4.78 is 23.6. The summed E-state index contributed by atoms with van der Waals surface area (Å²) in [7, 11) is -3.69. The minimum Gasteiger partial charge on any atom is -0.350 e. The van der Waals surface area contributed by atoms with Crippen LogP contribution in [0.1, 0.15) is 5.56 Å². The van der Waals surface area contributed by atoms with E-state index in [0.717, 1.165) is 5.56 Å². The van der Waals surface area contributed by atoms with Crippen molar-refractivity contribution in [2.45, 2.75) is 18.0 Å². The highest BCUT2D eigenvalue weighted by atomic mass is 32.2. The zero-order valence-electron chi connectivity index (χ0n) is 10.4. The molecule has 1 aromatic carbocycles. The molecule has 0 atom stereocenters. The molecule has 1 heterocycles. The van der Waals surface area contributed by atoms with Gasteiger partial charge in [0.25, 0.3) is 0 Å². The summed E-state index contributed by atoms with van der Waals surface area (Å²) in [5.41, 5.74) is 0.768. The molecule has 0 aliphatic carbocycles. The summed E-state index contributed by atoms with van der Waals surface area (Å²) in [6.45, 7) is 0.369. The second kappa shape index (κ2) is 5.80. The van der Waals surface area contributed by atoms with Crippen LogP contribution in [-0.4, -0.2) is 29.1 Å². The third kappa shape index (κ3) is 3.87. The third-order valence-electron chi connectivity index (χ3n) is 2.51. The van der Waals surface area contributed by atoms with Gasteiger partial charge in [0.05, 0.1) is 4.90 Å². The maximum Gasteiger partial charge on any atom is 0.242 e. The molecule has 0 saturated heterocycles. The number of hydrogen-bond donors (Lipinski definition) is 2. The van der Waals surface area contributed by atoms with Gasteiger partial charge in [0.2, 0.25) is 15.9 Å². The number of sulfonamides is 1. The Balaban J connectivity index is 1.89. The van der Waals surface area contributed by atoms with Crippen molar-refractivity contribution >= 4 is 15.9 Å². The Morgan fingerprint density at radius 1 is 1.30 bits per heavy atom. The van der Waals surface area contributed by atoms with E-state index in [1.54, 1.807) is 12.1 Å². The molecule has 9 heteroatoms. The molecule has 0 aliphatic rings. The van der Waals surface area contributed by atoms with Gasteiger partial charge >= 0.3 is 0 Å². The van der Waals surface area contributed by atoms with Gasteiger partial charge in [-0.15, -0.1) is 0 Å². The summed E-state index contributed by atoms with van der Waals surface area (Å²) in [5.74, 6) is -0.217. The van der Waals surface area contributed by atoms with Crippen molar-refractivity contribution in [1.82, 2.24) is 20.1 Å². The Morgan fingerprint density at radius 2 is 2.00 bits per heavy atom. The summed E-state index contributed by atoms with van der Waals surface area (Å²) in [6, 6.07) is 5.98. The number of nitrogens with two attached hydrogens (primary N) is 1. The van der Waals surface area contributed by atoms with Gasteiger partial charge in [-0.25, -0.2) is 23.2 Å². The standard InChI is InChI=1S/C11H13N5O3S/c12-20(18,19)10-3-1-9(2-4-10)5-14-11(17)6-16-8-13-7-15-16/h1-4,7-8H,5-6H2,(H,14,17)(H2,12,18,19). The molecule has 0 unspecified atom stereocenters. The molecule has 8 nitrogen and oxygen atoms in total. The van der Waals surface area contributed by atoms with E-state index in [9.17, 15) is 13.2 Å². The van der Waals surface area contributed by atoms with E-state index in [4.69, 9.17) is 5.14 Å². The van der Waals surface area contributed by atoms with Crippen LogP contribution in [0.25, 0.3) is 0 Å². The SMILES string of the molecule is NS(=O)(=O)c1ccc(CNC(=O)Cn2cncn2)cc1. The number of benzene rings is 1. The quantitative estimate of drug-likeness (QED) is 0.751. The lowest BCUT2D eigenvalue weighted by molar-refractivity contribution is -0.122. The number of amides is 1. The second-order valence-corrected chi connectivity index (χ2v) is 5.62. The van der Waals surface area contributed by atoms with E-state index in [1.165, 1.54) is 29.5 Å². The van der Waals surface area contributed by atoms with Crippen LogP contribution in [0.3, 0.4) is 0 Å². The normalized spacial score (nSPS) is 11.2. The van der Waals surface area contributed by atoms with Crippen LogP contribution in [0.4, 0.5) is 0 Å². The van der Waals surface area contributed by atoms with Crippen molar-refractivity contribution in [2.75, 3.05) is 0 Å². The van der Waals surface area contributed by atoms with Gasteiger partial charge in [-0.2, -0.15) is 5.10 Å². The van der Waals surface area contributed by atoms with Crippen molar-refractivity contribution in [3.8, 4) is 0 Å². The summed E-state index contributed by atoms with van der Waals surface area (Å²) in [5, 5.41) is 11.5. The van der Waals surface area contributed by atoms with Gasteiger partial charge in [-0.3, -0.25) is 4.79 Å². The van der Waals surface area contributed by atoms with Gasteiger partial charge in [0.1, 0.15) is 19.2 Å². The fourth-order valence-corrected chi connectivity index (χ4v) is 2.03. The van der Waals surface area contributed by atoms with Crippen LogP contribution in [-0.2, 0) is 27.9 Å². The van der Waals surface area contributed by atoms with Gasteiger partial charge in [0, 0.05) is 6.54 Å². The maximum absolute atomic E-state index is 11.6. The van der Waals surface area contributed by atoms with E-state index in [-0.39, 0.29) is 17.3 Å². The molecular formula is C11H13N5O3S. The molecule has 2 aromatic rings. The van der Waals surface area contributed by atoms with Crippen molar-refractivity contribution in [3.63, 3.8) is 0 Å². The van der Waals surface area contributed by atoms with Crippen molar-refractivity contribution in [2.24, 2.45) is 5.14 Å². The molecular weight excluding hydrogens is 282 g/mol. The fraction of sp³-hybridized carbons (Fsp3) is 0.182. The highest BCUT2D eigenvalue weighted by molar-refractivity contribution is 7.89. The molecule has 0 radical (unpaired) electrons. The summed E-state index contributed by atoms with van der Waals surface area (Å²) in [4.78, 5) is 15.4. The van der Waals surface area contributed by atoms with Crippen LogP contribution in [0, 0.1) is 0 Å². The Hall–Kier alpha value is -2.26. The summed E-state index contributed by atoms with van der Waals surface area (Å²) in [6.07, 6.45) is 2.79. The molecule has 20 heavy (non-hydrogen) atoms. The minimum atomic E-state index is -3.69. The predicted molar refractivity (Wildman–Crippen MR) is 69.7 cm³/mol. The Kier molecular flexibility index (Phi) is 4.11. The average molecular weight is 295 g/mol. The van der Waals surface area contributed by atoms with Gasteiger partial charge in [-0.05, 0) is 17.7 Å². The van der Waals surface area contributed by atoms with Gasteiger partial charge in [0.15, 0.2) is 0 Å². The number of nitrogens with one attached hydrogen (secondary N) is 1. The molecule has 3 N–H and O–H groups in total. The Morgan fingerprint density at radius 3 is 2.55 bits per heavy atom. The van der Waals surface area contributed by atoms with Crippen molar-refractivity contribution < 1.29 is 13.2 Å². The topological polar surface area (TPSA) is 120 Å². The second-order valence-electron chi connectivity index (χ2n) is 4.06. The molecule has 0 aliphatic heterocycles. The molecule has 1 aromatic heterocycles. The van der Waals surface area contributed by atoms with E-state index < -0.39 is 10.0 Å². The largest absolute Gasteiger partial charge is 0.350 e. The first-order chi connectivity index (χ1) is 9.45. The van der Waals surface area contributed by atoms with Crippen molar-refractivity contribution in [3.05, 3.63) is 42.5 Å².